The fourth-order valence-electron chi connectivity index (χ4n) is 4.28. The van der Waals surface area contributed by atoms with Crippen molar-refractivity contribution >= 4 is 0 Å². The Morgan fingerprint density at radius 2 is 1.97 bits per heavy atom. The van der Waals surface area contributed by atoms with Gasteiger partial charge in [0.15, 0.2) is 11.5 Å². The SMILES string of the molecule is COc1cc(C(O)N2CCC3(c4ccccc4)OCOC3C2)ccc1OCC(C)(C)O. The second-order valence-electron chi connectivity index (χ2n) is 8.80. The van der Waals surface area contributed by atoms with E-state index in [2.05, 4.69) is 12.1 Å². The number of aliphatic hydroxyl groups excluding tert-OH is 1. The smallest absolute Gasteiger partial charge is 0.161 e. The van der Waals surface area contributed by atoms with Crippen LogP contribution in [0.15, 0.2) is 48.5 Å². The minimum absolute atomic E-state index is 0.137. The second-order valence-corrected chi connectivity index (χ2v) is 8.80. The molecule has 0 bridgehead atoms. The maximum absolute atomic E-state index is 11.1. The van der Waals surface area contributed by atoms with Crippen LogP contribution < -0.4 is 9.47 Å². The van der Waals surface area contributed by atoms with Gasteiger partial charge in [-0.2, -0.15) is 0 Å². The lowest BCUT2D eigenvalue weighted by atomic mass is 9.82. The Bertz CT molecular complexity index is 883. The zero-order chi connectivity index (χ0) is 22.1. The number of rotatable bonds is 7. The highest BCUT2D eigenvalue weighted by Crippen LogP contribution is 2.44. The number of fused-ring (bicyclic) bond motifs is 1. The molecule has 31 heavy (non-hydrogen) atoms. The van der Waals surface area contributed by atoms with Gasteiger partial charge in [-0.1, -0.05) is 36.4 Å². The van der Waals surface area contributed by atoms with E-state index in [1.54, 1.807) is 33.1 Å². The first-order valence-corrected chi connectivity index (χ1v) is 10.6. The van der Waals surface area contributed by atoms with Crippen LogP contribution in [-0.2, 0) is 15.1 Å². The van der Waals surface area contributed by atoms with Gasteiger partial charge in [0.1, 0.15) is 31.3 Å². The molecule has 2 aromatic rings. The summed E-state index contributed by atoms with van der Waals surface area (Å²) in [4.78, 5) is 1.99. The summed E-state index contributed by atoms with van der Waals surface area (Å²) in [6.45, 7) is 4.96. The summed E-state index contributed by atoms with van der Waals surface area (Å²) in [6.07, 6.45) is -0.243. The maximum Gasteiger partial charge on any atom is 0.161 e. The van der Waals surface area contributed by atoms with Gasteiger partial charge in [-0.15, -0.1) is 0 Å². The number of aliphatic hydroxyl groups is 2. The van der Waals surface area contributed by atoms with E-state index in [9.17, 15) is 10.2 Å². The first kappa shape index (κ1) is 22.0. The molecule has 7 nitrogen and oxygen atoms in total. The number of likely N-dealkylation sites (tertiary alicyclic amines) is 1. The van der Waals surface area contributed by atoms with Crippen molar-refractivity contribution in [3.8, 4) is 11.5 Å². The van der Waals surface area contributed by atoms with Crippen LogP contribution >= 0.6 is 0 Å². The van der Waals surface area contributed by atoms with Gasteiger partial charge >= 0.3 is 0 Å². The van der Waals surface area contributed by atoms with Crippen LogP contribution in [0.2, 0.25) is 0 Å². The van der Waals surface area contributed by atoms with Gasteiger partial charge in [0.2, 0.25) is 0 Å². The Morgan fingerprint density at radius 3 is 2.68 bits per heavy atom. The molecule has 0 aliphatic carbocycles. The zero-order valence-electron chi connectivity index (χ0n) is 18.3. The lowest BCUT2D eigenvalue weighted by molar-refractivity contribution is -0.0948. The molecule has 2 heterocycles. The van der Waals surface area contributed by atoms with Crippen LogP contribution in [0.3, 0.4) is 0 Å². The molecule has 7 heteroatoms. The van der Waals surface area contributed by atoms with E-state index < -0.39 is 17.4 Å². The third-order valence-corrected chi connectivity index (χ3v) is 5.95. The zero-order valence-corrected chi connectivity index (χ0v) is 18.3. The lowest BCUT2D eigenvalue weighted by Crippen LogP contribution is -2.52. The largest absolute Gasteiger partial charge is 0.493 e. The van der Waals surface area contributed by atoms with E-state index >= 15 is 0 Å². The molecule has 2 saturated heterocycles. The van der Waals surface area contributed by atoms with Crippen LogP contribution in [0.25, 0.3) is 0 Å². The molecule has 0 spiro atoms. The monoisotopic (exact) mass is 429 g/mol. The van der Waals surface area contributed by atoms with Crippen molar-refractivity contribution in [2.45, 2.75) is 43.8 Å². The number of ether oxygens (including phenoxy) is 4. The summed E-state index contributed by atoms with van der Waals surface area (Å²) in [5.74, 6) is 1.03. The highest BCUT2D eigenvalue weighted by atomic mass is 16.7. The summed E-state index contributed by atoms with van der Waals surface area (Å²) in [5, 5.41) is 21.0. The molecule has 3 unspecified atom stereocenters. The highest BCUT2D eigenvalue weighted by molar-refractivity contribution is 5.43. The minimum Gasteiger partial charge on any atom is -0.493 e. The average molecular weight is 430 g/mol. The molecule has 4 rings (SSSR count). The predicted molar refractivity (Wildman–Crippen MR) is 115 cm³/mol. The molecule has 2 aromatic carbocycles. The van der Waals surface area contributed by atoms with Crippen molar-refractivity contribution in [2.75, 3.05) is 33.6 Å². The Morgan fingerprint density at radius 1 is 1.19 bits per heavy atom. The first-order chi connectivity index (χ1) is 14.8. The fourth-order valence-corrected chi connectivity index (χ4v) is 4.28. The molecule has 0 aromatic heterocycles. The van der Waals surface area contributed by atoms with Gasteiger partial charge in [0, 0.05) is 13.1 Å². The number of nitrogens with zero attached hydrogens (tertiary/aromatic N) is 1. The van der Waals surface area contributed by atoms with Gasteiger partial charge in [-0.25, -0.2) is 0 Å². The third-order valence-electron chi connectivity index (χ3n) is 5.95. The van der Waals surface area contributed by atoms with Crippen LogP contribution in [-0.4, -0.2) is 60.4 Å². The van der Waals surface area contributed by atoms with E-state index in [1.165, 1.54) is 0 Å². The van der Waals surface area contributed by atoms with Crippen molar-refractivity contribution in [1.82, 2.24) is 4.90 Å². The molecule has 2 aliphatic rings. The van der Waals surface area contributed by atoms with Crippen molar-refractivity contribution in [3.05, 3.63) is 59.7 Å². The number of hydrogen-bond acceptors (Lipinski definition) is 7. The molecule has 2 N–H and O–H groups in total. The van der Waals surface area contributed by atoms with Crippen molar-refractivity contribution in [1.29, 1.82) is 0 Å². The van der Waals surface area contributed by atoms with E-state index in [0.717, 1.165) is 12.0 Å². The van der Waals surface area contributed by atoms with Gasteiger partial charge < -0.3 is 29.2 Å². The van der Waals surface area contributed by atoms with E-state index in [0.29, 0.717) is 30.2 Å². The summed E-state index contributed by atoms with van der Waals surface area (Å²) in [6, 6.07) is 15.5. The number of benzene rings is 2. The average Bonchev–Trinajstić information content (AvgIpc) is 3.21. The molecule has 0 saturated carbocycles. The van der Waals surface area contributed by atoms with Gasteiger partial charge in [0.05, 0.1) is 12.7 Å². The predicted octanol–water partition coefficient (Wildman–Crippen LogP) is 2.81. The normalized spacial score (nSPS) is 25.1. The van der Waals surface area contributed by atoms with Crippen molar-refractivity contribution in [3.63, 3.8) is 0 Å². The molecular formula is C24H31NO6. The van der Waals surface area contributed by atoms with Crippen LogP contribution in [0.1, 0.15) is 37.6 Å². The molecular weight excluding hydrogens is 398 g/mol. The first-order valence-electron chi connectivity index (χ1n) is 10.6. The summed E-state index contributed by atoms with van der Waals surface area (Å²) in [7, 11) is 1.56. The Labute approximate surface area is 183 Å². The standard InChI is InChI=1S/C24H31NO6/c1-23(2,27)15-29-19-10-9-17(13-20(19)28-3)22(26)25-12-11-24(18-7-5-4-6-8-18)21(14-25)30-16-31-24/h4-10,13,21-22,26-27H,11-12,14-16H2,1-3H3. The molecule has 2 aliphatic heterocycles. The Hall–Kier alpha value is -2.16. The van der Waals surface area contributed by atoms with Crippen LogP contribution in [0.4, 0.5) is 0 Å². The molecule has 0 radical (unpaired) electrons. The Kier molecular flexibility index (Phi) is 6.23. The van der Waals surface area contributed by atoms with Gasteiger partial charge in [-0.05, 0) is 43.5 Å². The summed E-state index contributed by atoms with van der Waals surface area (Å²) in [5.41, 5.74) is 0.399. The third kappa shape index (κ3) is 4.56. The van der Waals surface area contributed by atoms with E-state index in [1.807, 2.05) is 29.2 Å². The van der Waals surface area contributed by atoms with E-state index in [-0.39, 0.29) is 19.5 Å². The van der Waals surface area contributed by atoms with E-state index in [4.69, 9.17) is 18.9 Å². The van der Waals surface area contributed by atoms with Gasteiger partial charge in [-0.3, -0.25) is 4.90 Å². The molecule has 168 valence electrons. The summed E-state index contributed by atoms with van der Waals surface area (Å²) < 4.78 is 23.1. The number of hydrogen-bond donors (Lipinski definition) is 2. The number of piperidine rings is 1. The van der Waals surface area contributed by atoms with Crippen molar-refractivity contribution in [2.24, 2.45) is 0 Å². The topological polar surface area (TPSA) is 80.6 Å². The highest BCUT2D eigenvalue weighted by Gasteiger charge is 2.51. The molecule has 3 atom stereocenters. The van der Waals surface area contributed by atoms with Crippen LogP contribution in [0.5, 0.6) is 11.5 Å². The lowest BCUT2D eigenvalue weighted by Gasteiger charge is -2.43. The second kappa shape index (κ2) is 8.76. The van der Waals surface area contributed by atoms with Crippen LogP contribution in [0, 0.1) is 0 Å². The fraction of sp³-hybridized carbons (Fsp3) is 0.500. The molecule has 2 fully saturated rings. The quantitative estimate of drug-likeness (QED) is 0.701. The Balaban J connectivity index is 1.49. The number of methoxy groups -OCH3 is 1. The van der Waals surface area contributed by atoms with Gasteiger partial charge in [0.25, 0.3) is 0 Å². The van der Waals surface area contributed by atoms with Crippen molar-refractivity contribution < 1.29 is 29.2 Å². The minimum atomic E-state index is -0.953. The maximum atomic E-state index is 11.1. The summed E-state index contributed by atoms with van der Waals surface area (Å²) >= 11 is 0. The molecule has 0 amide bonds.